The second kappa shape index (κ2) is 10.0. The van der Waals surface area contributed by atoms with Gasteiger partial charge in [0.1, 0.15) is 6.04 Å². The van der Waals surface area contributed by atoms with Crippen LogP contribution < -0.4 is 10.2 Å². The third kappa shape index (κ3) is 4.48. The van der Waals surface area contributed by atoms with E-state index in [4.69, 9.17) is 23.2 Å². The summed E-state index contributed by atoms with van der Waals surface area (Å²) in [6.45, 7) is 2.18. The normalized spacial score (nSPS) is 13.3. The fourth-order valence-corrected chi connectivity index (χ4v) is 4.90. The molecule has 1 aliphatic rings. The number of rotatable bonds is 8. The lowest BCUT2D eigenvalue weighted by atomic mass is 10.1. The molecule has 34 heavy (non-hydrogen) atoms. The molecule has 0 unspecified atom stereocenters. The molecule has 1 aliphatic heterocycles. The van der Waals surface area contributed by atoms with E-state index >= 15 is 0 Å². The molecule has 4 rings (SSSR count). The number of anilines is 1. The molecule has 6 nitrogen and oxygen atoms in total. The summed E-state index contributed by atoms with van der Waals surface area (Å²) in [6, 6.07) is 16.0. The minimum Gasteiger partial charge on any atom is -0.357 e. The Morgan fingerprint density at radius 1 is 1.03 bits per heavy atom. The second-order valence-electron chi connectivity index (χ2n) is 8.25. The lowest BCUT2D eigenvalue weighted by Gasteiger charge is -2.29. The fourth-order valence-electron chi connectivity index (χ4n) is 4.38. The summed E-state index contributed by atoms with van der Waals surface area (Å²) in [5.74, 6) is -0.555. The second-order valence-corrected chi connectivity index (χ2v) is 9.07. The standard InChI is InChI=1S/C26H25Cl2N3O3/c1-16(25(33)29-2)31(15-19-20(27)10-5-11-21(19)28)23(32)13-6-14-30-22-12-4-8-17-7-3-9-18(24(17)22)26(30)34/h3-5,7-12,16H,6,13-15H2,1-2H3,(H,29,33)/t16-/m1/s1. The van der Waals surface area contributed by atoms with E-state index < -0.39 is 6.04 Å². The van der Waals surface area contributed by atoms with Gasteiger partial charge in [-0.3, -0.25) is 14.4 Å². The van der Waals surface area contributed by atoms with Crippen LogP contribution in [0.2, 0.25) is 10.0 Å². The van der Waals surface area contributed by atoms with Gasteiger partial charge < -0.3 is 15.1 Å². The quantitative estimate of drug-likeness (QED) is 0.473. The van der Waals surface area contributed by atoms with Gasteiger partial charge >= 0.3 is 0 Å². The minimum absolute atomic E-state index is 0.0577. The van der Waals surface area contributed by atoms with Crippen molar-refractivity contribution in [3.63, 3.8) is 0 Å². The largest absolute Gasteiger partial charge is 0.357 e. The van der Waals surface area contributed by atoms with Crippen LogP contribution >= 0.6 is 23.2 Å². The predicted octanol–water partition coefficient (Wildman–Crippen LogP) is 5.05. The zero-order valence-corrected chi connectivity index (χ0v) is 20.5. The molecule has 176 valence electrons. The first-order valence-corrected chi connectivity index (χ1v) is 11.9. The van der Waals surface area contributed by atoms with Crippen LogP contribution in [0.1, 0.15) is 35.7 Å². The Kier molecular flexibility index (Phi) is 7.10. The van der Waals surface area contributed by atoms with Gasteiger partial charge in [0.25, 0.3) is 5.91 Å². The van der Waals surface area contributed by atoms with Gasteiger partial charge in [-0.15, -0.1) is 0 Å². The molecule has 0 aromatic heterocycles. The van der Waals surface area contributed by atoms with Crippen molar-refractivity contribution in [3.8, 4) is 0 Å². The molecule has 0 bridgehead atoms. The minimum atomic E-state index is -0.712. The maximum Gasteiger partial charge on any atom is 0.258 e. The van der Waals surface area contributed by atoms with Gasteiger partial charge in [-0.2, -0.15) is 0 Å². The Morgan fingerprint density at radius 3 is 2.35 bits per heavy atom. The van der Waals surface area contributed by atoms with Crippen molar-refractivity contribution in [1.29, 1.82) is 0 Å². The molecule has 3 amide bonds. The first-order valence-electron chi connectivity index (χ1n) is 11.1. The molecular formula is C26H25Cl2N3O3. The van der Waals surface area contributed by atoms with Gasteiger partial charge in [-0.1, -0.05) is 53.5 Å². The third-order valence-electron chi connectivity index (χ3n) is 6.23. The molecule has 1 N–H and O–H groups in total. The van der Waals surface area contributed by atoms with Crippen LogP contribution in [-0.2, 0) is 16.1 Å². The fraction of sp³-hybridized carbons (Fsp3) is 0.269. The molecule has 1 heterocycles. The molecule has 1 atom stereocenters. The summed E-state index contributed by atoms with van der Waals surface area (Å²) in [6.07, 6.45) is 0.613. The van der Waals surface area contributed by atoms with Crippen LogP contribution in [0.5, 0.6) is 0 Å². The summed E-state index contributed by atoms with van der Waals surface area (Å²) in [4.78, 5) is 41.8. The topological polar surface area (TPSA) is 69.7 Å². The number of nitrogens with one attached hydrogen (secondary N) is 1. The number of hydrogen-bond acceptors (Lipinski definition) is 3. The smallest absolute Gasteiger partial charge is 0.258 e. The van der Waals surface area contributed by atoms with E-state index in [1.807, 2.05) is 36.4 Å². The van der Waals surface area contributed by atoms with Gasteiger partial charge in [0.05, 0.1) is 5.69 Å². The molecule has 0 radical (unpaired) electrons. The molecule has 8 heteroatoms. The van der Waals surface area contributed by atoms with Crippen LogP contribution in [0, 0.1) is 0 Å². The van der Waals surface area contributed by atoms with Crippen molar-refractivity contribution in [2.45, 2.75) is 32.4 Å². The average molecular weight is 498 g/mol. The van der Waals surface area contributed by atoms with Gasteiger partial charge in [0, 0.05) is 53.1 Å². The maximum absolute atomic E-state index is 13.3. The number of halogens is 2. The van der Waals surface area contributed by atoms with E-state index in [2.05, 4.69) is 5.32 Å². The van der Waals surface area contributed by atoms with Crippen molar-refractivity contribution in [1.82, 2.24) is 10.2 Å². The van der Waals surface area contributed by atoms with Gasteiger partial charge in [-0.25, -0.2) is 0 Å². The highest BCUT2D eigenvalue weighted by Gasteiger charge is 2.30. The van der Waals surface area contributed by atoms with Crippen molar-refractivity contribution >= 4 is 57.4 Å². The third-order valence-corrected chi connectivity index (χ3v) is 6.93. The van der Waals surface area contributed by atoms with Crippen molar-refractivity contribution in [3.05, 3.63) is 75.8 Å². The highest BCUT2D eigenvalue weighted by molar-refractivity contribution is 6.36. The number of carbonyl (C=O) groups is 3. The van der Waals surface area contributed by atoms with Crippen molar-refractivity contribution in [2.75, 3.05) is 18.5 Å². The summed E-state index contributed by atoms with van der Waals surface area (Å²) in [5.41, 5.74) is 2.14. The first-order chi connectivity index (χ1) is 16.3. The molecular weight excluding hydrogens is 473 g/mol. The first kappa shape index (κ1) is 24.0. The van der Waals surface area contributed by atoms with Gasteiger partial charge in [0.2, 0.25) is 11.8 Å². The number of hydrogen-bond donors (Lipinski definition) is 1. The molecule has 0 fully saturated rings. The van der Waals surface area contributed by atoms with Crippen LogP contribution in [0.4, 0.5) is 5.69 Å². The average Bonchev–Trinajstić information content (AvgIpc) is 3.11. The van der Waals surface area contributed by atoms with Crippen LogP contribution in [-0.4, -0.2) is 42.3 Å². The van der Waals surface area contributed by atoms with E-state index in [9.17, 15) is 14.4 Å². The number of carbonyl (C=O) groups excluding carboxylic acids is 3. The highest BCUT2D eigenvalue weighted by atomic mass is 35.5. The van der Waals surface area contributed by atoms with Crippen LogP contribution in [0.15, 0.2) is 54.6 Å². The summed E-state index contributed by atoms with van der Waals surface area (Å²) in [5, 5.41) is 5.42. The highest BCUT2D eigenvalue weighted by Crippen LogP contribution is 2.37. The van der Waals surface area contributed by atoms with Crippen molar-refractivity contribution < 1.29 is 14.4 Å². The van der Waals surface area contributed by atoms with Crippen molar-refractivity contribution in [2.24, 2.45) is 0 Å². The molecule has 3 aromatic carbocycles. The van der Waals surface area contributed by atoms with Crippen LogP contribution in [0.25, 0.3) is 10.8 Å². The number of benzene rings is 3. The van der Waals surface area contributed by atoms with E-state index in [0.29, 0.717) is 34.1 Å². The Morgan fingerprint density at radius 2 is 1.68 bits per heavy atom. The Labute approximate surface area is 208 Å². The Balaban J connectivity index is 1.49. The number of likely N-dealkylation sites (N-methyl/N-ethyl adjacent to an activating group) is 1. The SMILES string of the molecule is CNC(=O)[C@@H](C)N(Cc1c(Cl)cccc1Cl)C(=O)CCCN1C(=O)c2cccc3cccc1c23. The van der Waals surface area contributed by atoms with Gasteiger partial charge in [0.15, 0.2) is 0 Å². The summed E-state index contributed by atoms with van der Waals surface area (Å²) < 4.78 is 0. The number of nitrogens with zero attached hydrogens (tertiary/aromatic N) is 2. The Bertz CT molecular complexity index is 1250. The molecule has 0 saturated heterocycles. The summed E-state index contributed by atoms with van der Waals surface area (Å²) >= 11 is 12.6. The zero-order valence-electron chi connectivity index (χ0n) is 19.0. The molecule has 0 aliphatic carbocycles. The van der Waals surface area contributed by atoms with Gasteiger partial charge in [-0.05, 0) is 43.0 Å². The van der Waals surface area contributed by atoms with E-state index in [1.165, 1.54) is 11.9 Å². The molecule has 0 spiro atoms. The van der Waals surface area contributed by atoms with Crippen LogP contribution in [0.3, 0.4) is 0 Å². The van der Waals surface area contributed by atoms with E-state index in [0.717, 1.165) is 16.5 Å². The lowest BCUT2D eigenvalue weighted by molar-refractivity contribution is -0.140. The van der Waals surface area contributed by atoms with E-state index in [1.54, 1.807) is 30.0 Å². The summed E-state index contributed by atoms with van der Waals surface area (Å²) in [7, 11) is 1.53. The molecule has 3 aromatic rings. The lowest BCUT2D eigenvalue weighted by Crippen LogP contribution is -2.47. The zero-order chi connectivity index (χ0) is 24.4. The number of amides is 3. The predicted molar refractivity (Wildman–Crippen MR) is 135 cm³/mol. The van der Waals surface area contributed by atoms with E-state index in [-0.39, 0.29) is 30.7 Å². The maximum atomic E-state index is 13.3. The molecule has 0 saturated carbocycles. The monoisotopic (exact) mass is 497 g/mol. The Hall–Kier alpha value is -3.09.